The van der Waals surface area contributed by atoms with Crippen LogP contribution in [0.5, 0.6) is 0 Å². The summed E-state index contributed by atoms with van der Waals surface area (Å²) < 4.78 is 27.0. The molecule has 1 aromatic carbocycles. The summed E-state index contributed by atoms with van der Waals surface area (Å²) >= 11 is 0. The van der Waals surface area contributed by atoms with Gasteiger partial charge < -0.3 is 4.90 Å². The minimum atomic E-state index is -3.57. The maximum Gasteiger partial charge on any atom is 0.240 e. The lowest BCUT2D eigenvalue weighted by molar-refractivity contribution is -0.865. The predicted octanol–water partition coefficient (Wildman–Crippen LogP) is 0.00728. The Hall–Kier alpha value is -1.42. The van der Waals surface area contributed by atoms with Crippen molar-refractivity contribution in [1.29, 1.82) is 5.26 Å². The quantitative estimate of drug-likeness (QED) is 0.776. The van der Waals surface area contributed by atoms with Crippen LogP contribution in [0.4, 0.5) is 0 Å². The molecule has 110 valence electrons. The van der Waals surface area contributed by atoms with E-state index in [-0.39, 0.29) is 10.3 Å². The van der Waals surface area contributed by atoms with E-state index in [0.717, 1.165) is 6.54 Å². The van der Waals surface area contributed by atoms with Crippen molar-refractivity contribution in [1.82, 2.24) is 4.72 Å². The van der Waals surface area contributed by atoms with Crippen LogP contribution < -0.4 is 9.62 Å². The number of nitrogens with one attached hydrogen (secondary N) is 2. The Morgan fingerprint density at radius 2 is 2.00 bits per heavy atom. The van der Waals surface area contributed by atoms with Crippen molar-refractivity contribution >= 4 is 10.0 Å². The van der Waals surface area contributed by atoms with Gasteiger partial charge in [0.25, 0.3) is 0 Å². The topological polar surface area (TPSA) is 74.4 Å². The van der Waals surface area contributed by atoms with Gasteiger partial charge in [-0.15, -0.1) is 0 Å². The zero-order chi connectivity index (χ0) is 15.4. The van der Waals surface area contributed by atoms with Crippen molar-refractivity contribution in [2.45, 2.75) is 18.7 Å². The van der Waals surface area contributed by atoms with E-state index < -0.39 is 10.0 Å². The van der Waals surface area contributed by atoms with Gasteiger partial charge in [0.15, 0.2) is 0 Å². The number of benzene rings is 1. The molecule has 0 saturated heterocycles. The molecular formula is C14H22N3O2S+. The largest absolute Gasteiger partial charge is 0.339 e. The van der Waals surface area contributed by atoms with Crippen molar-refractivity contribution < 1.29 is 13.3 Å². The van der Waals surface area contributed by atoms with Crippen LogP contribution in [0, 0.1) is 16.7 Å². The smallest absolute Gasteiger partial charge is 0.240 e. The van der Waals surface area contributed by atoms with Crippen LogP contribution in [-0.4, -0.2) is 35.6 Å². The van der Waals surface area contributed by atoms with E-state index in [2.05, 4.69) is 4.72 Å². The molecule has 0 fully saturated rings. The van der Waals surface area contributed by atoms with Gasteiger partial charge in [0.2, 0.25) is 10.0 Å². The van der Waals surface area contributed by atoms with Crippen LogP contribution in [0.25, 0.3) is 0 Å². The van der Waals surface area contributed by atoms with Gasteiger partial charge in [0, 0.05) is 12.0 Å². The molecule has 0 heterocycles. The monoisotopic (exact) mass is 296 g/mol. The van der Waals surface area contributed by atoms with Gasteiger partial charge in [-0.05, 0) is 18.2 Å². The predicted molar refractivity (Wildman–Crippen MR) is 77.8 cm³/mol. The van der Waals surface area contributed by atoms with Gasteiger partial charge in [0.05, 0.1) is 37.2 Å². The number of sulfonamides is 1. The van der Waals surface area contributed by atoms with Gasteiger partial charge in [-0.2, -0.15) is 5.26 Å². The highest BCUT2D eigenvalue weighted by atomic mass is 32.2. The second-order valence-corrected chi connectivity index (χ2v) is 7.78. The second-order valence-electron chi connectivity index (χ2n) is 6.01. The molecule has 0 aliphatic heterocycles. The third-order valence-electron chi connectivity index (χ3n) is 2.85. The number of quaternary nitrogens is 1. The molecule has 1 rings (SSSR count). The third-order valence-corrected chi connectivity index (χ3v) is 4.25. The van der Waals surface area contributed by atoms with E-state index in [1.165, 1.54) is 17.0 Å². The first kappa shape index (κ1) is 16.6. The Balaban J connectivity index is 2.83. The van der Waals surface area contributed by atoms with Crippen molar-refractivity contribution in [2.75, 3.05) is 27.2 Å². The second kappa shape index (κ2) is 6.35. The van der Waals surface area contributed by atoms with E-state index in [0.29, 0.717) is 12.1 Å². The molecule has 0 radical (unpaired) electrons. The van der Waals surface area contributed by atoms with Crippen molar-refractivity contribution in [3.05, 3.63) is 29.8 Å². The number of hydrogen-bond acceptors (Lipinski definition) is 3. The summed E-state index contributed by atoms with van der Waals surface area (Å²) in [5, 5.41) is 8.82. The van der Waals surface area contributed by atoms with Crippen LogP contribution in [0.1, 0.15) is 19.4 Å². The minimum Gasteiger partial charge on any atom is -0.339 e. The van der Waals surface area contributed by atoms with Gasteiger partial charge in [-0.1, -0.05) is 19.9 Å². The lowest BCUT2D eigenvalue weighted by atomic mass is 9.93. The molecule has 5 nitrogen and oxygen atoms in total. The number of nitriles is 1. The zero-order valence-corrected chi connectivity index (χ0v) is 13.2. The standard InChI is InChI=1S/C14H21N3O2S/c1-14(2,11-17(3)4)10-16-20(18,19)13-7-5-6-12(8-13)9-15/h5-8,16H,10-11H2,1-4H3/p+1. The van der Waals surface area contributed by atoms with E-state index in [9.17, 15) is 8.42 Å². The highest BCUT2D eigenvalue weighted by Gasteiger charge is 2.25. The number of hydrogen-bond donors (Lipinski definition) is 2. The summed E-state index contributed by atoms with van der Waals surface area (Å²) in [6.07, 6.45) is 0. The lowest BCUT2D eigenvalue weighted by Crippen LogP contribution is -3.07. The highest BCUT2D eigenvalue weighted by Crippen LogP contribution is 2.14. The van der Waals surface area contributed by atoms with Crippen molar-refractivity contribution in [3.63, 3.8) is 0 Å². The Labute approximate surface area is 121 Å². The van der Waals surface area contributed by atoms with E-state index >= 15 is 0 Å². The first-order valence-corrected chi connectivity index (χ1v) is 7.93. The van der Waals surface area contributed by atoms with Gasteiger partial charge >= 0.3 is 0 Å². The molecule has 2 N–H and O–H groups in total. The first-order chi connectivity index (χ1) is 9.16. The van der Waals surface area contributed by atoms with Crippen molar-refractivity contribution in [3.8, 4) is 6.07 Å². The molecule has 0 aromatic heterocycles. The summed E-state index contributed by atoms with van der Waals surface area (Å²) in [7, 11) is 0.497. The minimum absolute atomic E-state index is 0.129. The first-order valence-electron chi connectivity index (χ1n) is 6.45. The molecule has 1 aromatic rings. The van der Waals surface area contributed by atoms with Crippen LogP contribution in [-0.2, 0) is 10.0 Å². The van der Waals surface area contributed by atoms with Gasteiger partial charge in [0.1, 0.15) is 0 Å². The summed E-state index contributed by atoms with van der Waals surface area (Å²) in [4.78, 5) is 1.39. The zero-order valence-electron chi connectivity index (χ0n) is 12.4. The fourth-order valence-corrected chi connectivity index (χ4v) is 3.41. The maximum absolute atomic E-state index is 12.2. The third kappa shape index (κ3) is 4.93. The molecule has 0 spiro atoms. The molecule has 0 aliphatic rings. The molecule has 6 heteroatoms. The van der Waals surface area contributed by atoms with Crippen LogP contribution in [0.3, 0.4) is 0 Å². The molecule has 0 saturated carbocycles. The summed E-state index contributed by atoms with van der Waals surface area (Å²) in [6, 6.07) is 7.97. The average Bonchev–Trinajstić information content (AvgIpc) is 2.35. The number of rotatable bonds is 6. The van der Waals surface area contributed by atoms with Crippen molar-refractivity contribution in [2.24, 2.45) is 5.41 Å². The van der Waals surface area contributed by atoms with E-state index in [4.69, 9.17) is 5.26 Å². The van der Waals surface area contributed by atoms with E-state index in [1.807, 2.05) is 34.0 Å². The molecule has 0 amide bonds. The fourth-order valence-electron chi connectivity index (χ4n) is 2.13. The fraction of sp³-hybridized carbons (Fsp3) is 0.500. The summed E-state index contributed by atoms with van der Waals surface area (Å²) in [5.41, 5.74) is 0.198. The molecule has 20 heavy (non-hydrogen) atoms. The van der Waals surface area contributed by atoms with Gasteiger partial charge in [-0.25, -0.2) is 13.1 Å². The SMILES string of the molecule is C[NH+](C)CC(C)(C)CNS(=O)(=O)c1cccc(C#N)c1. The Bertz CT molecular complexity index is 601. The Morgan fingerprint density at radius 1 is 1.35 bits per heavy atom. The van der Waals surface area contributed by atoms with Gasteiger partial charge in [-0.3, -0.25) is 0 Å². The summed E-state index contributed by atoms with van der Waals surface area (Å²) in [5.74, 6) is 0. The van der Waals surface area contributed by atoms with Crippen LogP contribution in [0.2, 0.25) is 0 Å². The molecule has 0 aliphatic carbocycles. The average molecular weight is 296 g/mol. The lowest BCUT2D eigenvalue weighted by Gasteiger charge is -2.26. The summed E-state index contributed by atoms with van der Waals surface area (Å²) in [6.45, 7) is 5.26. The maximum atomic E-state index is 12.2. The van der Waals surface area contributed by atoms with Crippen LogP contribution >= 0.6 is 0 Å². The molecule has 0 atom stereocenters. The highest BCUT2D eigenvalue weighted by molar-refractivity contribution is 7.89. The Kier molecular flexibility index (Phi) is 5.28. The number of nitrogens with zero attached hydrogens (tertiary/aromatic N) is 1. The molecule has 0 bridgehead atoms. The van der Waals surface area contributed by atoms with Crippen LogP contribution in [0.15, 0.2) is 29.2 Å². The molecular weight excluding hydrogens is 274 g/mol. The Morgan fingerprint density at radius 3 is 2.55 bits per heavy atom. The normalized spacial score (nSPS) is 12.4. The molecule has 0 unspecified atom stereocenters. The van der Waals surface area contributed by atoms with E-state index in [1.54, 1.807) is 12.1 Å².